The number of nitrogens with two attached hydrogens (primary N) is 5. The normalized spacial score (nSPS) is 23.4. The van der Waals surface area contributed by atoms with Gasteiger partial charge in [-0.25, -0.2) is 0 Å². The molecule has 37 heteroatoms. The molecule has 0 spiro atoms. The molecule has 1 fully saturated rings. The van der Waals surface area contributed by atoms with Crippen molar-refractivity contribution in [3.63, 3.8) is 0 Å². The number of hydrogen-bond acceptors (Lipinski definition) is 18. The van der Waals surface area contributed by atoms with Crippen LogP contribution in [-0.2, 0) is 86.4 Å². The van der Waals surface area contributed by atoms with Crippen LogP contribution in [-0.4, -0.2) is 208 Å². The van der Waals surface area contributed by atoms with Gasteiger partial charge < -0.3 is 108 Å². The number of primary amides is 2. The zero-order chi connectivity index (χ0) is 80.9. The lowest BCUT2D eigenvalue weighted by Crippen LogP contribution is -2.62. The van der Waals surface area contributed by atoms with Gasteiger partial charge in [0.05, 0.1) is 25.3 Å². The number of benzene rings is 3. The predicted octanol–water partition coefficient (Wildman–Crippen LogP) is -2.58. The number of nitrogens with zero attached hydrogens (tertiary/aromatic N) is 1. The molecule has 12 atom stereocenters. The van der Waals surface area contributed by atoms with E-state index in [9.17, 15) is 67.4 Å². The van der Waals surface area contributed by atoms with Crippen LogP contribution >= 0.6 is 23.4 Å². The van der Waals surface area contributed by atoms with E-state index in [0.717, 1.165) is 11.8 Å². The summed E-state index contributed by atoms with van der Waals surface area (Å²) in [7, 11) is 0. The molecule has 1 aliphatic heterocycles. The number of unbranched alkanes of at least 4 members (excludes halogenated alkanes) is 1. The molecule has 0 saturated carbocycles. The summed E-state index contributed by atoms with van der Waals surface area (Å²) < 4.78 is 0. The van der Waals surface area contributed by atoms with Crippen LogP contribution in [0.3, 0.4) is 0 Å². The molecule has 0 radical (unpaired) electrons. The van der Waals surface area contributed by atoms with Gasteiger partial charge >= 0.3 is 0 Å². The number of nitrogens with one attached hydrogen (secondary N) is 14. The van der Waals surface area contributed by atoms with Crippen molar-refractivity contribution in [2.75, 3.05) is 37.7 Å². The molecule has 0 bridgehead atoms. The maximum atomic E-state index is 15.0. The van der Waals surface area contributed by atoms with Crippen LogP contribution in [0.1, 0.15) is 103 Å². The van der Waals surface area contributed by atoms with Crippen molar-refractivity contribution in [3.8, 4) is 0 Å². The van der Waals surface area contributed by atoms with Gasteiger partial charge in [-0.1, -0.05) is 108 Å². The number of para-hydroxylation sites is 2. The van der Waals surface area contributed by atoms with Crippen LogP contribution in [0.25, 0.3) is 21.8 Å². The Balaban J connectivity index is 1.41. The average molecular weight is 1570 g/mol. The number of aromatic nitrogens is 2. The molecule has 1 aliphatic rings. The van der Waals surface area contributed by atoms with E-state index >= 15 is 4.79 Å². The number of H-pyrrole nitrogens is 2. The van der Waals surface area contributed by atoms with Gasteiger partial charge in [-0.15, -0.1) is 11.8 Å². The molecule has 1 saturated heterocycles. The second kappa shape index (κ2) is 43.4. The van der Waals surface area contributed by atoms with Gasteiger partial charge in [0.25, 0.3) is 0 Å². The first-order chi connectivity index (χ1) is 52.3. The molecule has 110 heavy (non-hydrogen) atoms. The quantitative estimate of drug-likeness (QED) is 0.0192. The molecule has 2 aromatic heterocycles. The van der Waals surface area contributed by atoms with Crippen molar-refractivity contribution in [1.82, 2.24) is 73.8 Å². The van der Waals surface area contributed by atoms with E-state index in [1.807, 2.05) is 0 Å². The number of carbonyl (C=O) groups excluding carboxylic acids is 14. The number of guanidine groups is 1. The number of thioether (sulfide) groups is 1. The zero-order valence-corrected chi connectivity index (χ0v) is 63.8. The van der Waals surface area contributed by atoms with Crippen molar-refractivity contribution in [2.45, 2.75) is 172 Å². The number of aliphatic hydroxyl groups is 1. The number of aliphatic imine (C=N–C) groups is 1. The monoisotopic (exact) mass is 1570 g/mol. The maximum Gasteiger partial charge on any atom is 0.245 e. The summed E-state index contributed by atoms with van der Waals surface area (Å²) in [5.41, 5.74) is 31.5. The van der Waals surface area contributed by atoms with Gasteiger partial charge in [0, 0.05) is 70.8 Å². The summed E-state index contributed by atoms with van der Waals surface area (Å²) in [6.07, 6.45) is 2.37. The molecule has 0 aliphatic carbocycles. The largest absolute Gasteiger partial charge is 0.394 e. The van der Waals surface area contributed by atoms with E-state index in [1.54, 1.807) is 127 Å². The fraction of sp³-hybridized carbons (Fsp3) is 0.493. The van der Waals surface area contributed by atoms with Gasteiger partial charge in [-0.2, -0.15) is 0 Å². The maximum absolute atomic E-state index is 15.0. The Labute approximate surface area is 645 Å². The molecule has 0 unspecified atom stereocenters. The van der Waals surface area contributed by atoms with Crippen LogP contribution in [0.2, 0.25) is 5.02 Å². The molecular weight excluding hydrogens is 1460 g/mol. The Morgan fingerprint density at radius 1 is 0.518 bits per heavy atom. The van der Waals surface area contributed by atoms with Crippen molar-refractivity contribution in [1.29, 1.82) is 0 Å². The van der Waals surface area contributed by atoms with Crippen LogP contribution < -0.4 is 92.5 Å². The molecule has 6 rings (SSSR count). The lowest BCUT2D eigenvalue weighted by atomic mass is 9.96. The van der Waals surface area contributed by atoms with Gasteiger partial charge in [-0.05, 0) is 97.4 Å². The molecule has 35 nitrogen and oxygen atoms in total. The Morgan fingerprint density at radius 2 is 0.973 bits per heavy atom. The van der Waals surface area contributed by atoms with Gasteiger partial charge in [0.2, 0.25) is 82.7 Å². The summed E-state index contributed by atoms with van der Waals surface area (Å²) >= 11 is 7.03. The first kappa shape index (κ1) is 88.1. The summed E-state index contributed by atoms with van der Waals surface area (Å²) in [6, 6.07) is 3.59. The molecule has 3 aromatic carbocycles. The molecular formula is C73H103ClN20O15S. The highest BCUT2D eigenvalue weighted by molar-refractivity contribution is 8.00. The first-order valence-corrected chi connectivity index (χ1v) is 37.8. The van der Waals surface area contributed by atoms with Gasteiger partial charge in [-0.3, -0.25) is 72.1 Å². The van der Waals surface area contributed by atoms with Crippen LogP contribution in [0.15, 0.2) is 90.2 Å². The zero-order valence-electron chi connectivity index (χ0n) is 62.3. The van der Waals surface area contributed by atoms with Crippen LogP contribution in [0, 0.1) is 17.8 Å². The minimum absolute atomic E-state index is 0.00783. The predicted molar refractivity (Wildman–Crippen MR) is 413 cm³/mol. The number of amides is 14. The SMILES string of the molecule is CC[C@H](C)[C@@H]1NC(=O)[C@H](Cc2ccc(Cl)cc2)NC(=O)CSC[C@@H](C(N)=O)NC(=O)[C@H](C(C)C)NC(=O)[C@H](Cc2c[nH]c3ccccc23)NC(=O)[C@@H](CCCCN)NC(=O)[C@H](C(C)C)NC(=O)[C@H](Cc2c[nH]c3ccccc23)NC(=O)[C@H](CC(N)=O)NC(=O)[C@H](CCCN=C(N)N)NC(=O)CNC(=O)[C@H](CO)NC1=O. The Bertz CT molecular complexity index is 4090. The summed E-state index contributed by atoms with van der Waals surface area (Å²) in [6.45, 7) is 7.93. The lowest BCUT2D eigenvalue weighted by molar-refractivity contribution is -0.137. The standard InChI is InChI=1S/C73H103ClN20O15S/c1-7-39(6)61-72(109)90-54(34-95)63(100)83-33-57(97)84-48(20-14-26-80-73(78)79)64(101)89-53(30-56(76)96)66(103)88-52(29-42-32-82-47-18-11-9-16-45(42)47)69(106)92-59(37(2)3)70(107)86-49(19-12-13-25-75)65(102)87-51(28-41-31-81-46-17-10-8-15-44(41)46)68(105)93-60(38(4)5)71(108)91-55(62(77)99)35-110-36-58(98)85-50(67(104)94-61)27-40-21-23-43(74)24-22-40/h8-11,15-18,21-24,31-32,37-39,48-55,59-61,81-82,95H,7,12-14,19-20,25-30,33-36,75H2,1-6H3,(H2,76,96)(H2,77,99)(H,83,100)(H,84,97)(H,85,98)(H,86,107)(H,87,102)(H,88,103)(H,89,101)(H,90,109)(H,91,108)(H,92,106)(H,93,105)(H,94,104)(H4,78,79,80)/t39-,48-,49+,50-,51-,52-,53-,54-,55-,59-,60-,61-/m0/s1. The first-order valence-electron chi connectivity index (χ1n) is 36.3. The second-order valence-corrected chi connectivity index (χ2v) is 29.1. The van der Waals surface area contributed by atoms with Gasteiger partial charge in [0.15, 0.2) is 5.96 Å². The summed E-state index contributed by atoms with van der Waals surface area (Å²) in [5, 5.41) is 43.3. The highest BCUT2D eigenvalue weighted by Gasteiger charge is 2.39. The Hall–Kier alpha value is -10.8. The fourth-order valence-corrected chi connectivity index (χ4v) is 13.0. The number of rotatable bonds is 22. The van der Waals surface area contributed by atoms with Crippen molar-refractivity contribution in [2.24, 2.45) is 51.4 Å². The fourth-order valence-electron chi connectivity index (χ4n) is 12.0. The highest BCUT2D eigenvalue weighted by Crippen LogP contribution is 2.23. The third-order valence-corrected chi connectivity index (χ3v) is 19.7. The van der Waals surface area contributed by atoms with E-state index in [2.05, 4.69) is 78.8 Å². The highest BCUT2D eigenvalue weighted by atomic mass is 35.5. The minimum Gasteiger partial charge on any atom is -0.394 e. The van der Waals surface area contributed by atoms with Crippen molar-refractivity contribution < 1.29 is 72.2 Å². The van der Waals surface area contributed by atoms with E-state index in [0.29, 0.717) is 49.9 Å². The topological polar surface area (TPSA) is 578 Å². The third kappa shape index (κ3) is 27.1. The molecule has 25 N–H and O–H groups in total. The number of carbonyl (C=O) groups is 14. The number of aliphatic hydroxyl groups excluding tert-OH is 1. The Morgan fingerprint density at radius 3 is 1.48 bits per heavy atom. The van der Waals surface area contributed by atoms with E-state index in [4.69, 9.17) is 40.3 Å². The van der Waals surface area contributed by atoms with Crippen molar-refractivity contribution >= 4 is 134 Å². The number of halogens is 1. The second-order valence-electron chi connectivity index (χ2n) is 27.6. The van der Waals surface area contributed by atoms with E-state index in [-0.39, 0.29) is 76.2 Å². The van der Waals surface area contributed by atoms with Crippen LogP contribution in [0.5, 0.6) is 0 Å². The summed E-state index contributed by atoms with van der Waals surface area (Å²) in [5.74, 6) is -16.7. The van der Waals surface area contributed by atoms with Crippen LogP contribution in [0.4, 0.5) is 0 Å². The lowest BCUT2D eigenvalue weighted by Gasteiger charge is -2.29. The smallest absolute Gasteiger partial charge is 0.245 e. The third-order valence-electron chi connectivity index (χ3n) is 18.4. The molecule has 3 heterocycles. The average Bonchev–Trinajstić information content (AvgIpc) is 1.64. The van der Waals surface area contributed by atoms with E-state index in [1.165, 1.54) is 0 Å². The minimum atomic E-state index is -1.86. The van der Waals surface area contributed by atoms with Gasteiger partial charge in [0.1, 0.15) is 66.5 Å². The number of hydrogen-bond donors (Lipinski definition) is 20. The molecule has 5 aromatic rings. The molecule has 598 valence electrons. The summed E-state index contributed by atoms with van der Waals surface area (Å²) in [4.78, 5) is 210. The molecule has 14 amide bonds. The number of fused-ring (bicyclic) bond motifs is 2. The van der Waals surface area contributed by atoms with Crippen molar-refractivity contribution in [3.05, 3.63) is 107 Å². The van der Waals surface area contributed by atoms with E-state index < -0.39 is 192 Å². The Kier molecular flexibility index (Phi) is 34.7. The number of aromatic amines is 2.